The Morgan fingerprint density at radius 3 is 2.84 bits per heavy atom. The lowest BCUT2D eigenvalue weighted by Gasteiger charge is -2.01. The molecule has 0 atom stereocenters. The number of nitrogens with one attached hydrogen (secondary N) is 1. The van der Waals surface area contributed by atoms with Gasteiger partial charge in [0.05, 0.1) is 29.3 Å². The molecule has 5 heterocycles. The number of aromatic amines is 1. The fourth-order valence-electron chi connectivity index (χ4n) is 2.93. The second-order valence-electron chi connectivity index (χ2n) is 5.95. The summed E-state index contributed by atoms with van der Waals surface area (Å²) in [6.07, 6.45) is 9.19. The van der Waals surface area contributed by atoms with E-state index < -0.39 is 0 Å². The standard InChI is InChI=1S/C17H14N8/c1-10-5-18-15-4-3-14(23-25(10)15)12-7-20-17-13(12)8-19-16(22-17)11-6-21-24(2)9-11/h3-9H,1-2H3,(H,19,20,22). The Balaban J connectivity index is 1.65. The first-order valence-electron chi connectivity index (χ1n) is 7.84. The van der Waals surface area contributed by atoms with Crippen molar-refractivity contribution in [2.24, 2.45) is 7.05 Å². The summed E-state index contributed by atoms with van der Waals surface area (Å²) in [4.78, 5) is 16.6. The van der Waals surface area contributed by atoms with Crippen LogP contribution in [0.4, 0.5) is 0 Å². The Bertz CT molecular complexity index is 1230. The average Bonchev–Trinajstić information content (AvgIpc) is 3.33. The van der Waals surface area contributed by atoms with Gasteiger partial charge in [-0.25, -0.2) is 19.5 Å². The van der Waals surface area contributed by atoms with Crippen LogP contribution < -0.4 is 0 Å². The maximum absolute atomic E-state index is 4.68. The Kier molecular flexibility index (Phi) is 2.75. The van der Waals surface area contributed by atoms with Gasteiger partial charge < -0.3 is 4.98 Å². The Morgan fingerprint density at radius 2 is 2.00 bits per heavy atom. The lowest BCUT2D eigenvalue weighted by molar-refractivity contribution is 0.768. The molecule has 0 unspecified atom stereocenters. The van der Waals surface area contributed by atoms with Crippen molar-refractivity contribution in [3.63, 3.8) is 0 Å². The highest BCUT2D eigenvalue weighted by Gasteiger charge is 2.13. The summed E-state index contributed by atoms with van der Waals surface area (Å²) in [6, 6.07) is 3.92. The van der Waals surface area contributed by atoms with Gasteiger partial charge >= 0.3 is 0 Å². The first-order chi connectivity index (χ1) is 12.2. The number of hydrogen-bond donors (Lipinski definition) is 1. The predicted molar refractivity (Wildman–Crippen MR) is 92.8 cm³/mol. The first kappa shape index (κ1) is 13.8. The topological polar surface area (TPSA) is 89.6 Å². The summed E-state index contributed by atoms with van der Waals surface area (Å²) in [7, 11) is 1.87. The highest BCUT2D eigenvalue weighted by atomic mass is 15.3. The lowest BCUT2D eigenvalue weighted by Crippen LogP contribution is -1.96. The zero-order valence-electron chi connectivity index (χ0n) is 13.7. The van der Waals surface area contributed by atoms with Crippen molar-refractivity contribution in [3.05, 3.63) is 48.8 Å². The minimum atomic E-state index is 0.642. The number of fused-ring (bicyclic) bond motifs is 2. The minimum absolute atomic E-state index is 0.642. The van der Waals surface area contributed by atoms with E-state index in [-0.39, 0.29) is 0 Å². The van der Waals surface area contributed by atoms with Crippen LogP contribution in [0.15, 0.2) is 43.1 Å². The second-order valence-corrected chi connectivity index (χ2v) is 5.95. The fourth-order valence-corrected chi connectivity index (χ4v) is 2.93. The molecule has 8 heteroatoms. The van der Waals surface area contributed by atoms with Gasteiger partial charge in [-0.1, -0.05) is 0 Å². The predicted octanol–water partition coefficient (Wildman–Crippen LogP) is 2.38. The van der Waals surface area contributed by atoms with E-state index in [1.54, 1.807) is 10.9 Å². The first-order valence-corrected chi connectivity index (χ1v) is 7.84. The van der Waals surface area contributed by atoms with Crippen molar-refractivity contribution in [2.45, 2.75) is 6.92 Å². The molecule has 1 N–H and O–H groups in total. The number of rotatable bonds is 2. The molecule has 0 fully saturated rings. The summed E-state index contributed by atoms with van der Waals surface area (Å²) < 4.78 is 3.56. The molecule has 8 nitrogen and oxygen atoms in total. The molecule has 5 rings (SSSR count). The molecule has 0 saturated heterocycles. The van der Waals surface area contributed by atoms with Crippen LogP contribution in [0.2, 0.25) is 0 Å². The highest BCUT2D eigenvalue weighted by Crippen LogP contribution is 2.27. The van der Waals surface area contributed by atoms with Crippen LogP contribution in [-0.2, 0) is 7.05 Å². The summed E-state index contributed by atoms with van der Waals surface area (Å²) in [6.45, 7) is 1.98. The van der Waals surface area contributed by atoms with E-state index in [1.807, 2.05) is 55.4 Å². The number of imidazole rings is 1. The number of H-pyrrole nitrogens is 1. The van der Waals surface area contributed by atoms with E-state index in [2.05, 4.69) is 30.1 Å². The van der Waals surface area contributed by atoms with Gasteiger partial charge in [-0.2, -0.15) is 10.2 Å². The molecule has 0 aliphatic heterocycles. The van der Waals surface area contributed by atoms with Gasteiger partial charge in [-0.3, -0.25) is 4.68 Å². The van der Waals surface area contributed by atoms with E-state index in [9.17, 15) is 0 Å². The molecular weight excluding hydrogens is 316 g/mol. The third kappa shape index (κ3) is 2.11. The van der Waals surface area contributed by atoms with Crippen molar-refractivity contribution in [3.8, 4) is 22.6 Å². The smallest absolute Gasteiger partial charge is 0.164 e. The SMILES string of the molecule is Cc1cnc2ccc(-c3c[nH]c4nc(-c5cnn(C)c5)ncc34)nn12. The van der Waals surface area contributed by atoms with E-state index in [0.717, 1.165) is 39.2 Å². The number of aryl methyl sites for hydroxylation is 2. The van der Waals surface area contributed by atoms with Gasteiger partial charge in [0.25, 0.3) is 0 Å². The Morgan fingerprint density at radius 1 is 1.08 bits per heavy atom. The van der Waals surface area contributed by atoms with Crippen LogP contribution in [0.3, 0.4) is 0 Å². The molecule has 0 aromatic carbocycles. The van der Waals surface area contributed by atoms with E-state index in [4.69, 9.17) is 0 Å². The van der Waals surface area contributed by atoms with Crippen molar-refractivity contribution >= 4 is 16.7 Å². The van der Waals surface area contributed by atoms with Gasteiger partial charge in [0.2, 0.25) is 0 Å². The summed E-state index contributed by atoms with van der Waals surface area (Å²) >= 11 is 0. The molecule has 0 amide bonds. The number of hydrogen-bond acceptors (Lipinski definition) is 5. The number of aromatic nitrogens is 8. The van der Waals surface area contributed by atoms with Gasteiger partial charge in [-0.15, -0.1) is 0 Å². The monoisotopic (exact) mass is 330 g/mol. The van der Waals surface area contributed by atoms with Gasteiger partial charge in [0, 0.05) is 36.6 Å². The molecule has 25 heavy (non-hydrogen) atoms. The van der Waals surface area contributed by atoms with Crippen LogP contribution in [0.5, 0.6) is 0 Å². The van der Waals surface area contributed by atoms with Crippen LogP contribution in [-0.4, -0.2) is 39.3 Å². The third-order valence-electron chi connectivity index (χ3n) is 4.20. The molecule has 0 aliphatic rings. The van der Waals surface area contributed by atoms with Gasteiger partial charge in [-0.05, 0) is 19.1 Å². The van der Waals surface area contributed by atoms with E-state index in [1.165, 1.54) is 0 Å². The Labute approximate surface area is 142 Å². The maximum atomic E-state index is 4.68. The maximum Gasteiger partial charge on any atom is 0.164 e. The lowest BCUT2D eigenvalue weighted by atomic mass is 10.2. The van der Waals surface area contributed by atoms with E-state index in [0.29, 0.717) is 5.82 Å². The molecule has 0 saturated carbocycles. The summed E-state index contributed by atoms with van der Waals surface area (Å²) in [5, 5.41) is 9.77. The van der Waals surface area contributed by atoms with Crippen molar-refractivity contribution in [1.82, 2.24) is 39.3 Å². The van der Waals surface area contributed by atoms with Crippen molar-refractivity contribution < 1.29 is 0 Å². The van der Waals surface area contributed by atoms with Crippen molar-refractivity contribution in [2.75, 3.05) is 0 Å². The molecular formula is C17H14N8. The fraction of sp³-hybridized carbons (Fsp3) is 0.118. The third-order valence-corrected chi connectivity index (χ3v) is 4.20. The molecule has 5 aromatic heterocycles. The zero-order valence-corrected chi connectivity index (χ0v) is 13.7. The molecule has 0 bridgehead atoms. The van der Waals surface area contributed by atoms with Gasteiger partial charge in [0.1, 0.15) is 5.65 Å². The quantitative estimate of drug-likeness (QED) is 0.537. The highest BCUT2D eigenvalue weighted by molar-refractivity contribution is 5.92. The Hall–Kier alpha value is -3.55. The summed E-state index contributed by atoms with van der Waals surface area (Å²) in [5.41, 5.74) is 5.28. The minimum Gasteiger partial charge on any atom is -0.345 e. The average molecular weight is 330 g/mol. The van der Waals surface area contributed by atoms with E-state index >= 15 is 0 Å². The molecule has 0 spiro atoms. The summed E-state index contributed by atoms with van der Waals surface area (Å²) in [5.74, 6) is 0.642. The van der Waals surface area contributed by atoms with Gasteiger partial charge in [0.15, 0.2) is 11.5 Å². The van der Waals surface area contributed by atoms with Crippen LogP contribution in [0.25, 0.3) is 39.3 Å². The van der Waals surface area contributed by atoms with Crippen molar-refractivity contribution in [1.29, 1.82) is 0 Å². The molecule has 122 valence electrons. The van der Waals surface area contributed by atoms with Crippen LogP contribution in [0.1, 0.15) is 5.69 Å². The zero-order chi connectivity index (χ0) is 17.0. The second kappa shape index (κ2) is 4.97. The largest absolute Gasteiger partial charge is 0.345 e. The molecule has 0 radical (unpaired) electrons. The molecule has 0 aliphatic carbocycles. The van der Waals surface area contributed by atoms with Crippen LogP contribution in [0, 0.1) is 6.92 Å². The number of nitrogens with zero attached hydrogens (tertiary/aromatic N) is 7. The normalized spacial score (nSPS) is 11.6. The molecule has 5 aromatic rings. The van der Waals surface area contributed by atoms with Crippen LogP contribution >= 0.6 is 0 Å².